The van der Waals surface area contributed by atoms with Gasteiger partial charge < -0.3 is 10.1 Å². The molecule has 0 atom stereocenters. The van der Waals surface area contributed by atoms with Crippen molar-refractivity contribution < 1.29 is 9.90 Å². The van der Waals surface area contributed by atoms with Crippen LogP contribution in [0.5, 0.6) is 5.75 Å². The van der Waals surface area contributed by atoms with Crippen molar-refractivity contribution in [2.24, 2.45) is 5.10 Å². The lowest BCUT2D eigenvalue weighted by molar-refractivity contribution is 0.0950. The Bertz CT molecular complexity index is 747. The van der Waals surface area contributed by atoms with Crippen LogP contribution in [0.25, 0.3) is 10.9 Å². The fourth-order valence-corrected chi connectivity index (χ4v) is 1.72. The summed E-state index contributed by atoms with van der Waals surface area (Å²) >= 11 is 0. The molecule has 3 N–H and O–H groups in total. The number of rotatable bonds is 3. The largest absolute Gasteiger partial charge is 0.506 e. The Hall–Kier alpha value is -2.63. The first kappa shape index (κ1) is 13.8. The molecular weight excluding hydrogens is 258 g/mol. The van der Waals surface area contributed by atoms with Gasteiger partial charge in [0.2, 0.25) is 0 Å². The number of aromatic amines is 1. The highest BCUT2D eigenvalue weighted by atomic mass is 16.3. The summed E-state index contributed by atoms with van der Waals surface area (Å²) in [5.41, 5.74) is 2.47. The van der Waals surface area contributed by atoms with Crippen LogP contribution in [-0.2, 0) is 0 Å². The molecular formula is C14H15N3O3. The van der Waals surface area contributed by atoms with Crippen molar-refractivity contribution in [2.45, 2.75) is 20.3 Å². The normalized spacial score (nSPS) is 11.6. The quantitative estimate of drug-likeness (QED) is 0.587. The summed E-state index contributed by atoms with van der Waals surface area (Å²) in [4.78, 5) is 26.4. The molecule has 1 amide bonds. The molecule has 0 saturated carbocycles. The van der Waals surface area contributed by atoms with Gasteiger partial charge >= 0.3 is 0 Å². The molecule has 6 nitrogen and oxygen atoms in total. The third-order valence-corrected chi connectivity index (χ3v) is 2.98. The van der Waals surface area contributed by atoms with Gasteiger partial charge in [-0.15, -0.1) is 0 Å². The molecule has 0 aliphatic carbocycles. The molecule has 104 valence electrons. The second-order valence-electron chi connectivity index (χ2n) is 4.36. The van der Waals surface area contributed by atoms with Gasteiger partial charge in [0.05, 0.1) is 5.52 Å². The Morgan fingerprint density at radius 3 is 2.80 bits per heavy atom. The van der Waals surface area contributed by atoms with E-state index in [9.17, 15) is 14.7 Å². The molecule has 0 saturated heterocycles. The SMILES string of the molecule is CC/C(C)=N\NC(=O)c1c(O)c2ccccc2[nH]c1=O. The number of fused-ring (bicyclic) bond motifs is 1. The van der Waals surface area contributed by atoms with Crippen molar-refractivity contribution in [3.8, 4) is 5.75 Å². The summed E-state index contributed by atoms with van der Waals surface area (Å²) in [6, 6.07) is 6.71. The minimum atomic E-state index is -0.734. The highest BCUT2D eigenvalue weighted by Crippen LogP contribution is 2.24. The zero-order valence-electron chi connectivity index (χ0n) is 11.2. The van der Waals surface area contributed by atoms with Crippen LogP contribution in [0.1, 0.15) is 30.6 Å². The van der Waals surface area contributed by atoms with E-state index in [0.29, 0.717) is 17.3 Å². The Labute approximate surface area is 115 Å². The lowest BCUT2D eigenvalue weighted by atomic mass is 10.1. The second-order valence-corrected chi connectivity index (χ2v) is 4.36. The average molecular weight is 273 g/mol. The standard InChI is InChI=1S/C14H15N3O3/c1-3-8(2)16-17-14(20)11-12(18)9-6-4-5-7-10(9)15-13(11)19/h4-7H,3H2,1-2H3,(H,17,20)(H2,15,18,19)/b16-8-. The van der Waals surface area contributed by atoms with Gasteiger partial charge in [-0.25, -0.2) is 5.43 Å². The van der Waals surface area contributed by atoms with Crippen LogP contribution in [0.4, 0.5) is 0 Å². The van der Waals surface area contributed by atoms with Crippen molar-refractivity contribution in [2.75, 3.05) is 0 Å². The lowest BCUT2D eigenvalue weighted by Crippen LogP contribution is -2.27. The number of H-pyrrole nitrogens is 1. The zero-order valence-corrected chi connectivity index (χ0v) is 11.2. The summed E-state index contributed by atoms with van der Waals surface area (Å²) < 4.78 is 0. The van der Waals surface area contributed by atoms with Gasteiger partial charge in [0.1, 0.15) is 11.3 Å². The van der Waals surface area contributed by atoms with E-state index in [0.717, 1.165) is 5.71 Å². The molecule has 1 aromatic carbocycles. The van der Waals surface area contributed by atoms with Crippen LogP contribution in [0.3, 0.4) is 0 Å². The molecule has 1 aromatic heterocycles. The highest BCUT2D eigenvalue weighted by Gasteiger charge is 2.18. The Kier molecular flexibility index (Phi) is 3.84. The third kappa shape index (κ3) is 2.54. The van der Waals surface area contributed by atoms with Crippen molar-refractivity contribution in [1.29, 1.82) is 0 Å². The number of nitrogens with one attached hydrogen (secondary N) is 2. The molecule has 1 heterocycles. The van der Waals surface area contributed by atoms with E-state index in [4.69, 9.17) is 0 Å². The topological polar surface area (TPSA) is 94.5 Å². The van der Waals surface area contributed by atoms with Gasteiger partial charge in [0.15, 0.2) is 0 Å². The molecule has 0 aliphatic heterocycles. The first-order chi connectivity index (χ1) is 9.54. The number of amides is 1. The van der Waals surface area contributed by atoms with Crippen LogP contribution >= 0.6 is 0 Å². The average Bonchev–Trinajstić information content (AvgIpc) is 2.44. The van der Waals surface area contributed by atoms with E-state index in [1.807, 2.05) is 6.92 Å². The van der Waals surface area contributed by atoms with E-state index < -0.39 is 11.5 Å². The van der Waals surface area contributed by atoms with Crippen LogP contribution in [-0.4, -0.2) is 21.7 Å². The first-order valence-corrected chi connectivity index (χ1v) is 6.22. The molecule has 0 aliphatic rings. The van der Waals surface area contributed by atoms with E-state index in [2.05, 4.69) is 15.5 Å². The number of aromatic hydroxyl groups is 1. The van der Waals surface area contributed by atoms with Crippen molar-refractivity contribution in [1.82, 2.24) is 10.4 Å². The maximum atomic E-state index is 12.0. The van der Waals surface area contributed by atoms with Crippen molar-refractivity contribution >= 4 is 22.5 Å². The Balaban J connectivity index is 2.49. The van der Waals surface area contributed by atoms with E-state index in [1.54, 1.807) is 31.2 Å². The Morgan fingerprint density at radius 2 is 2.10 bits per heavy atom. The van der Waals surface area contributed by atoms with Crippen molar-refractivity contribution in [3.05, 3.63) is 40.2 Å². The van der Waals surface area contributed by atoms with Gasteiger partial charge in [-0.05, 0) is 25.5 Å². The fraction of sp³-hybridized carbons (Fsp3) is 0.214. The van der Waals surface area contributed by atoms with Gasteiger partial charge in [0.25, 0.3) is 11.5 Å². The van der Waals surface area contributed by atoms with Gasteiger partial charge in [-0.2, -0.15) is 5.10 Å². The van der Waals surface area contributed by atoms with Crippen LogP contribution in [0.15, 0.2) is 34.2 Å². The molecule has 6 heteroatoms. The monoisotopic (exact) mass is 273 g/mol. The molecule has 0 fully saturated rings. The summed E-state index contributed by atoms with van der Waals surface area (Å²) in [6.07, 6.45) is 0.681. The smallest absolute Gasteiger partial charge is 0.280 e. The van der Waals surface area contributed by atoms with Crippen molar-refractivity contribution in [3.63, 3.8) is 0 Å². The number of carbonyl (C=O) groups is 1. The number of benzene rings is 1. The minimum Gasteiger partial charge on any atom is -0.506 e. The predicted molar refractivity (Wildman–Crippen MR) is 77.1 cm³/mol. The third-order valence-electron chi connectivity index (χ3n) is 2.98. The van der Waals surface area contributed by atoms with Gasteiger partial charge in [-0.1, -0.05) is 19.1 Å². The number of nitrogens with zero attached hydrogens (tertiary/aromatic N) is 1. The maximum Gasteiger partial charge on any atom is 0.280 e. The number of hydrazone groups is 1. The van der Waals surface area contributed by atoms with Crippen LogP contribution in [0.2, 0.25) is 0 Å². The van der Waals surface area contributed by atoms with Gasteiger partial charge in [-0.3, -0.25) is 9.59 Å². The second kappa shape index (κ2) is 5.56. The van der Waals surface area contributed by atoms with E-state index >= 15 is 0 Å². The zero-order chi connectivity index (χ0) is 14.7. The van der Waals surface area contributed by atoms with Crippen LogP contribution < -0.4 is 11.0 Å². The number of pyridine rings is 1. The molecule has 0 bridgehead atoms. The number of para-hydroxylation sites is 1. The summed E-state index contributed by atoms with van der Waals surface area (Å²) in [5, 5.41) is 14.3. The summed E-state index contributed by atoms with van der Waals surface area (Å²) in [7, 11) is 0. The first-order valence-electron chi connectivity index (χ1n) is 6.22. The predicted octanol–water partition coefficient (Wildman–Crippen LogP) is 1.75. The minimum absolute atomic E-state index is 0.337. The molecule has 2 rings (SSSR count). The molecule has 2 aromatic rings. The fourth-order valence-electron chi connectivity index (χ4n) is 1.72. The number of aromatic nitrogens is 1. The summed E-state index contributed by atoms with van der Waals surface area (Å²) in [5.74, 6) is -1.08. The number of hydrogen-bond acceptors (Lipinski definition) is 4. The molecule has 0 spiro atoms. The lowest BCUT2D eigenvalue weighted by Gasteiger charge is -2.06. The van der Waals surface area contributed by atoms with Crippen LogP contribution in [0, 0.1) is 0 Å². The number of carbonyl (C=O) groups excluding carboxylic acids is 1. The van der Waals surface area contributed by atoms with Gasteiger partial charge in [0, 0.05) is 11.1 Å². The maximum absolute atomic E-state index is 12.0. The highest BCUT2D eigenvalue weighted by molar-refractivity contribution is 6.02. The number of hydrogen-bond donors (Lipinski definition) is 3. The van der Waals surface area contributed by atoms with E-state index in [1.165, 1.54) is 0 Å². The molecule has 0 unspecified atom stereocenters. The summed E-state index contributed by atoms with van der Waals surface area (Å²) in [6.45, 7) is 3.65. The van der Waals surface area contributed by atoms with E-state index in [-0.39, 0.29) is 11.3 Å². The molecule has 0 radical (unpaired) electrons. The Morgan fingerprint density at radius 1 is 1.40 bits per heavy atom. The molecule has 20 heavy (non-hydrogen) atoms.